The topological polar surface area (TPSA) is 112 Å². The molecule has 4 N–H and O–H groups in total. The Labute approximate surface area is 117 Å². The number of carboxylic acid groups (broad SMARTS) is 1. The molecule has 7 nitrogen and oxygen atoms in total. The largest absolute Gasteiger partial charge is 0.481 e. The fourth-order valence-electron chi connectivity index (χ4n) is 1.49. The van der Waals surface area contributed by atoms with E-state index in [1.165, 1.54) is 0 Å². The molecule has 1 aromatic heterocycles. The molecule has 1 rings (SSSR count). The van der Waals surface area contributed by atoms with Crippen LogP contribution in [0.3, 0.4) is 0 Å². The lowest BCUT2D eigenvalue weighted by Crippen LogP contribution is -2.22. The SMILES string of the molecule is CCC(CO)Nc1ccc(NC(=O)CCC(=O)O)nc1. The van der Waals surface area contributed by atoms with Crippen molar-refractivity contribution >= 4 is 23.4 Å². The highest BCUT2D eigenvalue weighted by molar-refractivity contribution is 5.91. The second kappa shape index (κ2) is 8.11. The summed E-state index contributed by atoms with van der Waals surface area (Å²) in [5, 5.41) is 23.2. The van der Waals surface area contributed by atoms with Crippen molar-refractivity contribution in [2.24, 2.45) is 0 Å². The van der Waals surface area contributed by atoms with E-state index in [-0.39, 0.29) is 31.4 Å². The van der Waals surface area contributed by atoms with Gasteiger partial charge in [0, 0.05) is 12.5 Å². The fraction of sp³-hybridized carbons (Fsp3) is 0.462. The van der Waals surface area contributed by atoms with Gasteiger partial charge in [0.05, 0.1) is 24.9 Å². The lowest BCUT2D eigenvalue weighted by molar-refractivity contribution is -0.138. The van der Waals surface area contributed by atoms with Gasteiger partial charge in [-0.1, -0.05) is 6.92 Å². The summed E-state index contributed by atoms with van der Waals surface area (Å²) < 4.78 is 0. The number of nitrogens with zero attached hydrogens (tertiary/aromatic N) is 1. The van der Waals surface area contributed by atoms with Gasteiger partial charge >= 0.3 is 5.97 Å². The van der Waals surface area contributed by atoms with E-state index < -0.39 is 5.97 Å². The van der Waals surface area contributed by atoms with Gasteiger partial charge in [-0.15, -0.1) is 0 Å². The number of carboxylic acids is 1. The van der Waals surface area contributed by atoms with Crippen molar-refractivity contribution in [2.45, 2.75) is 32.2 Å². The van der Waals surface area contributed by atoms with Crippen LogP contribution in [-0.2, 0) is 9.59 Å². The minimum atomic E-state index is -1.01. The third-order valence-corrected chi connectivity index (χ3v) is 2.68. The number of nitrogens with one attached hydrogen (secondary N) is 2. The molecule has 0 spiro atoms. The van der Waals surface area contributed by atoms with E-state index in [4.69, 9.17) is 10.2 Å². The van der Waals surface area contributed by atoms with Crippen LogP contribution in [0.4, 0.5) is 11.5 Å². The van der Waals surface area contributed by atoms with Gasteiger partial charge in [-0.2, -0.15) is 0 Å². The van der Waals surface area contributed by atoms with Crippen LogP contribution in [0.1, 0.15) is 26.2 Å². The molecular formula is C13H19N3O4. The van der Waals surface area contributed by atoms with Crippen LogP contribution in [0, 0.1) is 0 Å². The summed E-state index contributed by atoms with van der Waals surface area (Å²) in [5.74, 6) is -1.03. The third kappa shape index (κ3) is 5.66. The molecule has 1 amide bonds. The Balaban J connectivity index is 2.49. The lowest BCUT2D eigenvalue weighted by atomic mass is 10.2. The zero-order valence-corrected chi connectivity index (χ0v) is 11.3. The predicted octanol–water partition coefficient (Wildman–Crippen LogP) is 1.07. The Morgan fingerprint density at radius 3 is 2.60 bits per heavy atom. The summed E-state index contributed by atoms with van der Waals surface area (Å²) >= 11 is 0. The van der Waals surface area contributed by atoms with Gasteiger partial charge in [0.15, 0.2) is 0 Å². The first-order valence-electron chi connectivity index (χ1n) is 6.40. The molecule has 0 aromatic carbocycles. The van der Waals surface area contributed by atoms with Crippen LogP contribution in [0.15, 0.2) is 18.3 Å². The van der Waals surface area contributed by atoms with Crippen LogP contribution in [0.5, 0.6) is 0 Å². The molecule has 1 unspecified atom stereocenters. The van der Waals surface area contributed by atoms with Crippen LogP contribution in [0.25, 0.3) is 0 Å². The van der Waals surface area contributed by atoms with Crippen LogP contribution in [0.2, 0.25) is 0 Å². The Morgan fingerprint density at radius 2 is 2.10 bits per heavy atom. The monoisotopic (exact) mass is 281 g/mol. The molecule has 110 valence electrons. The minimum absolute atomic E-state index is 0.0319. The van der Waals surface area contributed by atoms with Crippen LogP contribution >= 0.6 is 0 Å². The van der Waals surface area contributed by atoms with Gasteiger partial charge in [0.2, 0.25) is 5.91 Å². The van der Waals surface area contributed by atoms with Crippen LogP contribution < -0.4 is 10.6 Å². The summed E-state index contributed by atoms with van der Waals surface area (Å²) in [4.78, 5) is 25.8. The minimum Gasteiger partial charge on any atom is -0.481 e. The maximum atomic E-state index is 11.4. The highest BCUT2D eigenvalue weighted by atomic mass is 16.4. The first kappa shape index (κ1) is 15.9. The number of aliphatic hydroxyl groups excluding tert-OH is 1. The number of aliphatic carboxylic acids is 1. The summed E-state index contributed by atoms with van der Waals surface area (Å²) in [5.41, 5.74) is 0.745. The number of hydrogen-bond acceptors (Lipinski definition) is 5. The second-order valence-corrected chi connectivity index (χ2v) is 4.31. The molecule has 1 aromatic rings. The van der Waals surface area contributed by atoms with Crippen molar-refractivity contribution in [1.82, 2.24) is 4.98 Å². The zero-order valence-electron chi connectivity index (χ0n) is 11.3. The number of amides is 1. The molecule has 1 heterocycles. The fourth-order valence-corrected chi connectivity index (χ4v) is 1.49. The smallest absolute Gasteiger partial charge is 0.303 e. The van der Waals surface area contributed by atoms with Gasteiger partial charge in [0.25, 0.3) is 0 Å². The van der Waals surface area contributed by atoms with Crippen molar-refractivity contribution < 1.29 is 19.8 Å². The maximum absolute atomic E-state index is 11.4. The molecule has 20 heavy (non-hydrogen) atoms. The Hall–Kier alpha value is -2.15. The highest BCUT2D eigenvalue weighted by Crippen LogP contribution is 2.12. The zero-order chi connectivity index (χ0) is 15.0. The normalized spacial score (nSPS) is 11.7. The quantitative estimate of drug-likeness (QED) is 0.567. The van der Waals surface area contributed by atoms with E-state index in [1.807, 2.05) is 6.92 Å². The van der Waals surface area contributed by atoms with Crippen molar-refractivity contribution in [1.29, 1.82) is 0 Å². The van der Waals surface area contributed by atoms with Gasteiger partial charge < -0.3 is 20.8 Å². The number of aliphatic hydroxyl groups is 1. The summed E-state index contributed by atoms with van der Waals surface area (Å²) in [6.45, 7) is 1.99. The molecule has 0 aliphatic carbocycles. The lowest BCUT2D eigenvalue weighted by Gasteiger charge is -2.15. The van der Waals surface area contributed by atoms with E-state index in [0.29, 0.717) is 5.82 Å². The molecule has 1 atom stereocenters. The van der Waals surface area contributed by atoms with Crippen LogP contribution in [-0.4, -0.2) is 39.7 Å². The molecular weight excluding hydrogens is 262 g/mol. The van der Waals surface area contributed by atoms with Gasteiger partial charge in [-0.3, -0.25) is 9.59 Å². The van der Waals surface area contributed by atoms with E-state index in [0.717, 1.165) is 12.1 Å². The predicted molar refractivity (Wildman–Crippen MR) is 74.5 cm³/mol. The number of anilines is 2. The number of carbonyl (C=O) groups excluding carboxylic acids is 1. The first-order valence-corrected chi connectivity index (χ1v) is 6.40. The number of aromatic nitrogens is 1. The van der Waals surface area contributed by atoms with Crippen molar-refractivity contribution in [2.75, 3.05) is 17.2 Å². The molecule has 0 radical (unpaired) electrons. The summed E-state index contributed by atoms with van der Waals surface area (Å²) in [6, 6.07) is 3.32. The number of hydrogen-bond donors (Lipinski definition) is 4. The molecule has 0 aliphatic rings. The summed E-state index contributed by atoms with van der Waals surface area (Å²) in [7, 11) is 0. The first-order chi connectivity index (χ1) is 9.55. The Kier molecular flexibility index (Phi) is 6.45. The number of carbonyl (C=O) groups is 2. The van der Waals surface area contributed by atoms with Crippen molar-refractivity contribution in [3.05, 3.63) is 18.3 Å². The molecule has 0 saturated heterocycles. The standard InChI is InChI=1S/C13H19N3O4/c1-2-9(8-17)15-10-3-4-11(14-7-10)16-12(18)5-6-13(19)20/h3-4,7,9,15,17H,2,5-6,8H2,1H3,(H,19,20)(H,14,16,18). The second-order valence-electron chi connectivity index (χ2n) is 4.31. The number of rotatable bonds is 8. The van der Waals surface area contributed by atoms with Crippen molar-refractivity contribution in [3.8, 4) is 0 Å². The van der Waals surface area contributed by atoms with Gasteiger partial charge in [0.1, 0.15) is 5.82 Å². The van der Waals surface area contributed by atoms with Gasteiger partial charge in [-0.25, -0.2) is 4.98 Å². The van der Waals surface area contributed by atoms with E-state index >= 15 is 0 Å². The Bertz CT molecular complexity index is 443. The molecule has 0 bridgehead atoms. The average Bonchev–Trinajstić information content (AvgIpc) is 2.44. The molecule has 0 saturated carbocycles. The van der Waals surface area contributed by atoms with E-state index in [9.17, 15) is 9.59 Å². The van der Waals surface area contributed by atoms with Crippen molar-refractivity contribution in [3.63, 3.8) is 0 Å². The maximum Gasteiger partial charge on any atom is 0.303 e. The van der Waals surface area contributed by atoms with E-state index in [2.05, 4.69) is 15.6 Å². The highest BCUT2D eigenvalue weighted by Gasteiger charge is 2.07. The van der Waals surface area contributed by atoms with E-state index in [1.54, 1.807) is 18.3 Å². The molecule has 0 aliphatic heterocycles. The Morgan fingerprint density at radius 1 is 1.35 bits per heavy atom. The average molecular weight is 281 g/mol. The van der Waals surface area contributed by atoms with Gasteiger partial charge in [-0.05, 0) is 18.6 Å². The number of pyridine rings is 1. The molecule has 0 fully saturated rings. The molecule has 7 heteroatoms. The third-order valence-electron chi connectivity index (χ3n) is 2.68. The summed E-state index contributed by atoms with van der Waals surface area (Å²) in [6.07, 6.45) is 2.04.